The van der Waals surface area contributed by atoms with Crippen LogP contribution in [0.3, 0.4) is 0 Å². The zero-order valence-corrected chi connectivity index (χ0v) is 14.5. The summed E-state index contributed by atoms with van der Waals surface area (Å²) < 4.78 is 12.5. The number of nitrogens with two attached hydrogens (primary N) is 1. The highest BCUT2D eigenvalue weighted by Gasteiger charge is 2.12. The topological polar surface area (TPSA) is 88.1 Å². The predicted octanol–water partition coefficient (Wildman–Crippen LogP) is 2.24. The third kappa shape index (κ3) is 4.53. The van der Waals surface area contributed by atoms with Crippen molar-refractivity contribution in [2.75, 3.05) is 19.5 Å². The summed E-state index contributed by atoms with van der Waals surface area (Å²) in [5.41, 5.74) is 7.18. The standard InChI is InChI=1S/C14H23N5O2Si/c1-20-14-13(15)16-8-12(18-14)11-7-17-19(9-11)10-21-5-6-22(2,3)4/h7-9H,5-6,10H2,1-4H3,(H2,15,16). The minimum absolute atomic E-state index is 0.272. The summed E-state index contributed by atoms with van der Waals surface area (Å²) >= 11 is 0. The minimum Gasteiger partial charge on any atom is -0.478 e. The van der Waals surface area contributed by atoms with Crippen molar-refractivity contribution < 1.29 is 9.47 Å². The smallest absolute Gasteiger partial charge is 0.257 e. The van der Waals surface area contributed by atoms with Gasteiger partial charge in [-0.2, -0.15) is 5.10 Å². The van der Waals surface area contributed by atoms with Gasteiger partial charge < -0.3 is 15.2 Å². The highest BCUT2D eigenvalue weighted by molar-refractivity contribution is 6.76. The summed E-state index contributed by atoms with van der Waals surface area (Å²) in [4.78, 5) is 8.37. The molecule has 120 valence electrons. The molecule has 0 atom stereocenters. The Morgan fingerprint density at radius 2 is 2.05 bits per heavy atom. The lowest BCUT2D eigenvalue weighted by atomic mass is 10.3. The quantitative estimate of drug-likeness (QED) is 0.621. The second kappa shape index (κ2) is 6.88. The first-order valence-electron chi connectivity index (χ1n) is 7.16. The molecular weight excluding hydrogens is 298 g/mol. The fourth-order valence-electron chi connectivity index (χ4n) is 1.77. The predicted molar refractivity (Wildman–Crippen MR) is 88.3 cm³/mol. The summed E-state index contributed by atoms with van der Waals surface area (Å²) in [6.45, 7) is 8.19. The van der Waals surface area contributed by atoms with E-state index in [1.54, 1.807) is 17.1 Å². The number of rotatable bonds is 7. The van der Waals surface area contributed by atoms with Crippen LogP contribution >= 0.6 is 0 Å². The molecule has 0 aliphatic heterocycles. The van der Waals surface area contributed by atoms with Crippen LogP contribution in [0.2, 0.25) is 25.7 Å². The molecule has 0 unspecified atom stereocenters. The molecule has 0 bridgehead atoms. The summed E-state index contributed by atoms with van der Waals surface area (Å²) in [5.74, 6) is 0.588. The van der Waals surface area contributed by atoms with E-state index in [0.29, 0.717) is 18.3 Å². The monoisotopic (exact) mass is 321 g/mol. The van der Waals surface area contributed by atoms with E-state index in [2.05, 4.69) is 34.7 Å². The summed E-state index contributed by atoms with van der Waals surface area (Å²) in [6.07, 6.45) is 5.20. The lowest BCUT2D eigenvalue weighted by Crippen LogP contribution is -2.22. The Hall–Kier alpha value is -1.93. The average Bonchev–Trinajstić information content (AvgIpc) is 2.92. The van der Waals surface area contributed by atoms with E-state index in [1.807, 2.05) is 6.20 Å². The molecule has 0 radical (unpaired) electrons. The van der Waals surface area contributed by atoms with E-state index < -0.39 is 8.07 Å². The van der Waals surface area contributed by atoms with Crippen molar-refractivity contribution in [2.45, 2.75) is 32.4 Å². The SMILES string of the molecule is COc1nc(-c2cnn(COCC[Si](C)(C)C)c2)cnc1N. The van der Waals surface area contributed by atoms with Gasteiger partial charge in [0.1, 0.15) is 6.73 Å². The molecule has 0 aliphatic carbocycles. The second-order valence-electron chi connectivity index (χ2n) is 6.27. The first-order valence-corrected chi connectivity index (χ1v) is 10.9. The van der Waals surface area contributed by atoms with Crippen LogP contribution in [0.5, 0.6) is 5.88 Å². The average molecular weight is 321 g/mol. The van der Waals surface area contributed by atoms with E-state index in [-0.39, 0.29) is 5.82 Å². The van der Waals surface area contributed by atoms with Crippen LogP contribution in [-0.4, -0.2) is 41.5 Å². The zero-order valence-electron chi connectivity index (χ0n) is 13.5. The van der Waals surface area contributed by atoms with Crippen molar-refractivity contribution in [2.24, 2.45) is 0 Å². The largest absolute Gasteiger partial charge is 0.478 e. The highest BCUT2D eigenvalue weighted by atomic mass is 28.3. The molecule has 22 heavy (non-hydrogen) atoms. The summed E-state index contributed by atoms with van der Waals surface area (Å²) in [6, 6.07) is 1.14. The molecule has 0 fully saturated rings. The molecular formula is C14H23N5O2Si. The molecule has 2 heterocycles. The maximum atomic E-state index is 5.66. The van der Waals surface area contributed by atoms with Crippen molar-refractivity contribution in [3.8, 4) is 17.1 Å². The Bertz CT molecular complexity index is 624. The molecule has 0 aliphatic rings. The lowest BCUT2D eigenvalue weighted by molar-refractivity contribution is 0.0786. The fraction of sp³-hybridized carbons (Fsp3) is 0.500. The van der Waals surface area contributed by atoms with E-state index in [4.69, 9.17) is 15.2 Å². The van der Waals surface area contributed by atoms with Gasteiger partial charge in [-0.25, -0.2) is 14.6 Å². The van der Waals surface area contributed by atoms with E-state index in [9.17, 15) is 0 Å². The first kappa shape index (κ1) is 16.4. The van der Waals surface area contributed by atoms with E-state index >= 15 is 0 Å². The van der Waals surface area contributed by atoms with Gasteiger partial charge in [0.15, 0.2) is 5.82 Å². The summed E-state index contributed by atoms with van der Waals surface area (Å²) in [7, 11) is 0.456. The molecule has 7 nitrogen and oxygen atoms in total. The van der Waals surface area contributed by atoms with Gasteiger partial charge in [-0.05, 0) is 6.04 Å². The molecule has 2 aromatic rings. The highest BCUT2D eigenvalue weighted by Crippen LogP contribution is 2.21. The Morgan fingerprint density at radius 1 is 1.27 bits per heavy atom. The van der Waals surface area contributed by atoms with Crippen molar-refractivity contribution in [3.05, 3.63) is 18.6 Å². The first-order chi connectivity index (χ1) is 10.4. The summed E-state index contributed by atoms with van der Waals surface area (Å²) in [5, 5.41) is 4.27. The minimum atomic E-state index is -1.06. The number of nitrogens with zero attached hydrogens (tertiary/aromatic N) is 4. The van der Waals surface area contributed by atoms with E-state index in [0.717, 1.165) is 18.2 Å². The molecule has 0 saturated heterocycles. The van der Waals surface area contributed by atoms with E-state index in [1.165, 1.54) is 7.11 Å². The van der Waals surface area contributed by atoms with Gasteiger partial charge in [0.05, 0.1) is 25.2 Å². The van der Waals surface area contributed by atoms with Crippen molar-refractivity contribution in [1.29, 1.82) is 0 Å². The van der Waals surface area contributed by atoms with Gasteiger partial charge in [0, 0.05) is 26.4 Å². The maximum absolute atomic E-state index is 5.66. The van der Waals surface area contributed by atoms with Crippen LogP contribution in [0.1, 0.15) is 0 Å². The van der Waals surface area contributed by atoms with Crippen molar-refractivity contribution >= 4 is 13.9 Å². The van der Waals surface area contributed by atoms with Gasteiger partial charge in [-0.1, -0.05) is 19.6 Å². The number of nitrogen functional groups attached to an aromatic ring is 1. The number of aromatic nitrogens is 4. The number of methoxy groups -OCH3 is 1. The van der Waals surface area contributed by atoms with Gasteiger partial charge in [0.2, 0.25) is 0 Å². The molecule has 0 saturated carbocycles. The van der Waals surface area contributed by atoms with Crippen LogP contribution in [-0.2, 0) is 11.5 Å². The van der Waals surface area contributed by atoms with Crippen LogP contribution in [0, 0.1) is 0 Å². The second-order valence-corrected chi connectivity index (χ2v) is 11.9. The van der Waals surface area contributed by atoms with Crippen molar-refractivity contribution in [3.63, 3.8) is 0 Å². The Balaban J connectivity index is 1.96. The number of hydrogen-bond acceptors (Lipinski definition) is 6. The molecule has 2 aromatic heterocycles. The fourth-order valence-corrected chi connectivity index (χ4v) is 2.53. The Kier molecular flexibility index (Phi) is 5.14. The maximum Gasteiger partial charge on any atom is 0.257 e. The molecule has 2 rings (SSSR count). The number of hydrogen-bond donors (Lipinski definition) is 1. The van der Waals surface area contributed by atoms with Crippen molar-refractivity contribution in [1.82, 2.24) is 19.7 Å². The van der Waals surface area contributed by atoms with Crippen LogP contribution < -0.4 is 10.5 Å². The number of ether oxygens (including phenoxy) is 2. The molecule has 2 N–H and O–H groups in total. The lowest BCUT2D eigenvalue weighted by Gasteiger charge is -2.15. The molecule has 0 aromatic carbocycles. The van der Waals surface area contributed by atoms with Gasteiger partial charge in [0.25, 0.3) is 5.88 Å². The normalized spacial score (nSPS) is 11.6. The third-order valence-electron chi connectivity index (χ3n) is 3.11. The van der Waals surface area contributed by atoms with Crippen LogP contribution in [0.25, 0.3) is 11.3 Å². The van der Waals surface area contributed by atoms with Crippen LogP contribution in [0.15, 0.2) is 18.6 Å². The van der Waals surface area contributed by atoms with Gasteiger partial charge in [-0.3, -0.25) is 0 Å². The van der Waals surface area contributed by atoms with Crippen LogP contribution in [0.4, 0.5) is 5.82 Å². The Labute approximate surface area is 131 Å². The molecule has 0 amide bonds. The number of anilines is 1. The Morgan fingerprint density at radius 3 is 2.73 bits per heavy atom. The third-order valence-corrected chi connectivity index (χ3v) is 4.81. The van der Waals surface area contributed by atoms with Gasteiger partial charge in [-0.15, -0.1) is 0 Å². The van der Waals surface area contributed by atoms with Gasteiger partial charge >= 0.3 is 0 Å². The molecule has 0 spiro atoms. The molecule has 8 heteroatoms. The zero-order chi connectivity index (χ0) is 16.2.